The van der Waals surface area contributed by atoms with Crippen LogP contribution in [-0.4, -0.2) is 23.2 Å². The van der Waals surface area contributed by atoms with Crippen LogP contribution in [-0.2, 0) is 0 Å². The first-order chi connectivity index (χ1) is 15.2. The minimum absolute atomic E-state index is 0.665. The Morgan fingerprint density at radius 1 is 0.903 bits per heavy atom. The number of halogens is 1. The third kappa shape index (κ3) is 7.78. The number of nitrogens with zero attached hydrogens (tertiary/aromatic N) is 2. The standard InChI is InChI=1S/C26H37BrN2O2/c1-3-5-7-8-20-9-11-21(12-10-20)19-31-23-17-28-26(29-18-23)22-13-14-25(24(27)16-22)30-15-6-4-2/h13-14,16-18,20-21H,3-12,15,19H2,1-2H3/t20-,21-. The van der Waals surface area contributed by atoms with Gasteiger partial charge >= 0.3 is 0 Å². The molecule has 0 aliphatic heterocycles. The van der Waals surface area contributed by atoms with Gasteiger partial charge in [-0.1, -0.05) is 58.8 Å². The zero-order valence-electron chi connectivity index (χ0n) is 19.1. The molecule has 1 fully saturated rings. The van der Waals surface area contributed by atoms with Crippen molar-refractivity contribution in [3.63, 3.8) is 0 Å². The average Bonchev–Trinajstić information content (AvgIpc) is 2.80. The van der Waals surface area contributed by atoms with E-state index in [0.717, 1.165) is 53.5 Å². The van der Waals surface area contributed by atoms with Crippen molar-refractivity contribution in [1.29, 1.82) is 0 Å². The molecule has 0 amide bonds. The van der Waals surface area contributed by atoms with Gasteiger partial charge in [0.15, 0.2) is 11.6 Å². The average molecular weight is 489 g/mol. The van der Waals surface area contributed by atoms with Gasteiger partial charge in [0, 0.05) is 5.56 Å². The largest absolute Gasteiger partial charge is 0.492 e. The van der Waals surface area contributed by atoms with Crippen molar-refractivity contribution in [2.75, 3.05) is 13.2 Å². The Balaban J connectivity index is 1.45. The normalized spacial score (nSPS) is 18.7. The minimum atomic E-state index is 0.665. The van der Waals surface area contributed by atoms with Crippen LogP contribution < -0.4 is 9.47 Å². The van der Waals surface area contributed by atoms with Gasteiger partial charge in [-0.05, 0) is 65.2 Å². The smallest absolute Gasteiger partial charge is 0.159 e. The van der Waals surface area contributed by atoms with E-state index in [2.05, 4.69) is 39.7 Å². The van der Waals surface area contributed by atoms with Crippen LogP contribution in [0.25, 0.3) is 11.4 Å². The van der Waals surface area contributed by atoms with E-state index in [1.54, 1.807) is 12.4 Å². The molecule has 0 saturated heterocycles. The number of rotatable bonds is 12. The molecule has 1 saturated carbocycles. The van der Waals surface area contributed by atoms with Crippen molar-refractivity contribution >= 4 is 15.9 Å². The number of aromatic nitrogens is 2. The molecule has 31 heavy (non-hydrogen) atoms. The van der Waals surface area contributed by atoms with Crippen molar-refractivity contribution in [2.24, 2.45) is 11.8 Å². The molecule has 1 aliphatic rings. The Morgan fingerprint density at radius 3 is 2.29 bits per heavy atom. The van der Waals surface area contributed by atoms with Gasteiger partial charge in [0.1, 0.15) is 5.75 Å². The lowest BCUT2D eigenvalue weighted by Gasteiger charge is -2.28. The van der Waals surface area contributed by atoms with Gasteiger partial charge in [-0.25, -0.2) is 9.97 Å². The summed E-state index contributed by atoms with van der Waals surface area (Å²) in [5.74, 6) is 3.91. The Hall–Kier alpha value is -1.62. The lowest BCUT2D eigenvalue weighted by atomic mass is 9.80. The molecule has 4 nitrogen and oxygen atoms in total. The number of unbranched alkanes of at least 4 members (excludes halogenated alkanes) is 3. The molecule has 3 rings (SSSR count). The van der Waals surface area contributed by atoms with Crippen molar-refractivity contribution in [2.45, 2.75) is 78.1 Å². The van der Waals surface area contributed by atoms with Gasteiger partial charge in [-0.15, -0.1) is 0 Å². The van der Waals surface area contributed by atoms with Crippen molar-refractivity contribution < 1.29 is 9.47 Å². The summed E-state index contributed by atoms with van der Waals surface area (Å²) in [4.78, 5) is 9.03. The lowest BCUT2D eigenvalue weighted by Crippen LogP contribution is -2.20. The number of hydrogen-bond donors (Lipinski definition) is 0. The van der Waals surface area contributed by atoms with E-state index in [4.69, 9.17) is 9.47 Å². The molecule has 170 valence electrons. The van der Waals surface area contributed by atoms with E-state index < -0.39 is 0 Å². The first-order valence-electron chi connectivity index (χ1n) is 12.1. The molecule has 1 aliphatic carbocycles. The molecule has 2 aromatic rings. The molecular weight excluding hydrogens is 452 g/mol. The first kappa shape index (κ1) is 24.0. The fourth-order valence-electron chi connectivity index (χ4n) is 4.21. The second kappa shape index (κ2) is 13.0. The van der Waals surface area contributed by atoms with Crippen LogP contribution in [0.15, 0.2) is 35.1 Å². The molecule has 5 heteroatoms. The summed E-state index contributed by atoms with van der Waals surface area (Å²) in [6.45, 7) is 5.95. The second-order valence-corrected chi connectivity index (χ2v) is 9.64. The summed E-state index contributed by atoms with van der Waals surface area (Å²) in [5, 5.41) is 0. The molecule has 1 aromatic carbocycles. The van der Waals surface area contributed by atoms with E-state index in [0.29, 0.717) is 11.7 Å². The van der Waals surface area contributed by atoms with E-state index in [1.807, 2.05) is 18.2 Å². The maximum Gasteiger partial charge on any atom is 0.159 e. The van der Waals surface area contributed by atoms with Gasteiger partial charge in [-0.3, -0.25) is 0 Å². The van der Waals surface area contributed by atoms with Crippen LogP contribution in [0, 0.1) is 11.8 Å². The van der Waals surface area contributed by atoms with Crippen molar-refractivity contribution in [3.8, 4) is 22.9 Å². The highest BCUT2D eigenvalue weighted by molar-refractivity contribution is 9.10. The van der Waals surface area contributed by atoms with Crippen LogP contribution in [0.3, 0.4) is 0 Å². The fraction of sp³-hybridized carbons (Fsp3) is 0.615. The molecular formula is C26H37BrN2O2. The molecule has 1 heterocycles. The Labute approximate surface area is 196 Å². The monoisotopic (exact) mass is 488 g/mol. The Morgan fingerprint density at radius 2 is 1.61 bits per heavy atom. The third-order valence-corrected chi connectivity index (χ3v) is 6.86. The predicted molar refractivity (Wildman–Crippen MR) is 131 cm³/mol. The van der Waals surface area contributed by atoms with Crippen LogP contribution >= 0.6 is 15.9 Å². The number of benzene rings is 1. The van der Waals surface area contributed by atoms with Crippen molar-refractivity contribution in [3.05, 3.63) is 35.1 Å². The van der Waals surface area contributed by atoms with Gasteiger partial charge in [0.25, 0.3) is 0 Å². The third-order valence-electron chi connectivity index (χ3n) is 6.24. The molecule has 0 radical (unpaired) electrons. The van der Waals surface area contributed by atoms with Crippen LogP contribution in [0.5, 0.6) is 11.5 Å². The quantitative estimate of drug-likeness (QED) is 0.285. The maximum absolute atomic E-state index is 6.01. The summed E-state index contributed by atoms with van der Waals surface area (Å²) in [7, 11) is 0. The fourth-order valence-corrected chi connectivity index (χ4v) is 4.70. The summed E-state index contributed by atoms with van der Waals surface area (Å²) < 4.78 is 12.7. The molecule has 1 aromatic heterocycles. The predicted octanol–water partition coefficient (Wildman–Crippen LogP) is 7.85. The number of hydrogen-bond acceptors (Lipinski definition) is 4. The van der Waals surface area contributed by atoms with E-state index in [1.165, 1.54) is 51.4 Å². The highest BCUT2D eigenvalue weighted by Gasteiger charge is 2.21. The van der Waals surface area contributed by atoms with Gasteiger partial charge < -0.3 is 9.47 Å². The zero-order valence-corrected chi connectivity index (χ0v) is 20.7. The maximum atomic E-state index is 6.01. The number of ether oxygens (including phenoxy) is 2. The SMILES string of the molecule is CCCCC[C@H]1CC[C@H](COc2cnc(-c3ccc(OCCCC)c(Br)c3)nc2)CC1. The molecule has 0 bridgehead atoms. The Bertz CT molecular complexity index is 773. The van der Waals surface area contributed by atoms with Gasteiger partial charge in [0.2, 0.25) is 0 Å². The van der Waals surface area contributed by atoms with Crippen LogP contribution in [0.1, 0.15) is 78.1 Å². The lowest BCUT2D eigenvalue weighted by molar-refractivity contribution is 0.177. The molecule has 0 spiro atoms. The molecule has 0 atom stereocenters. The summed E-state index contributed by atoms with van der Waals surface area (Å²) in [6, 6.07) is 5.98. The van der Waals surface area contributed by atoms with Crippen molar-refractivity contribution in [1.82, 2.24) is 9.97 Å². The molecule has 0 unspecified atom stereocenters. The minimum Gasteiger partial charge on any atom is -0.492 e. The highest BCUT2D eigenvalue weighted by Crippen LogP contribution is 2.33. The van der Waals surface area contributed by atoms with Crippen LogP contribution in [0.4, 0.5) is 0 Å². The second-order valence-electron chi connectivity index (χ2n) is 8.78. The zero-order chi connectivity index (χ0) is 21.9. The topological polar surface area (TPSA) is 44.2 Å². The Kier molecular flexibility index (Phi) is 10.1. The molecule has 0 N–H and O–H groups in total. The van der Waals surface area contributed by atoms with Crippen LogP contribution in [0.2, 0.25) is 0 Å². The van der Waals surface area contributed by atoms with Gasteiger partial charge in [-0.2, -0.15) is 0 Å². The first-order valence-corrected chi connectivity index (χ1v) is 12.9. The van der Waals surface area contributed by atoms with E-state index in [9.17, 15) is 0 Å². The highest BCUT2D eigenvalue weighted by atomic mass is 79.9. The summed E-state index contributed by atoms with van der Waals surface area (Å²) >= 11 is 3.60. The summed E-state index contributed by atoms with van der Waals surface area (Å²) in [6.07, 6.45) is 16.6. The van der Waals surface area contributed by atoms with E-state index >= 15 is 0 Å². The van der Waals surface area contributed by atoms with E-state index in [-0.39, 0.29) is 0 Å². The summed E-state index contributed by atoms with van der Waals surface area (Å²) in [5.41, 5.74) is 0.961. The van der Waals surface area contributed by atoms with Gasteiger partial charge in [0.05, 0.1) is 30.1 Å².